The molecule has 0 saturated carbocycles. The van der Waals surface area contributed by atoms with E-state index < -0.39 is 11.7 Å². The van der Waals surface area contributed by atoms with E-state index >= 15 is 0 Å². The molecule has 0 saturated heterocycles. The summed E-state index contributed by atoms with van der Waals surface area (Å²) in [7, 11) is 0. The lowest BCUT2D eigenvalue weighted by Crippen LogP contribution is -2.13. The summed E-state index contributed by atoms with van der Waals surface area (Å²) in [5.74, 6) is -0.398. The second kappa shape index (κ2) is 6.75. The van der Waals surface area contributed by atoms with Crippen LogP contribution in [0.4, 0.5) is 24.5 Å². The summed E-state index contributed by atoms with van der Waals surface area (Å²) >= 11 is 0. The summed E-state index contributed by atoms with van der Waals surface area (Å²) < 4.78 is 43.3. The van der Waals surface area contributed by atoms with Crippen LogP contribution < -0.4 is 11.1 Å². The average molecular weight is 363 g/mol. The molecule has 0 amide bonds. The molecular formula is C16H12F3N5O2. The molecule has 26 heavy (non-hydrogen) atoms. The highest BCUT2D eigenvalue weighted by Gasteiger charge is 2.30. The van der Waals surface area contributed by atoms with Gasteiger partial charge in [0.1, 0.15) is 0 Å². The van der Waals surface area contributed by atoms with Crippen molar-refractivity contribution in [2.75, 3.05) is 5.32 Å². The molecule has 134 valence electrons. The molecule has 3 aromatic rings. The maximum absolute atomic E-state index is 12.6. The number of rotatable bonds is 4. The van der Waals surface area contributed by atoms with E-state index in [-0.39, 0.29) is 17.6 Å². The molecule has 7 nitrogen and oxygen atoms in total. The molecule has 0 radical (unpaired) electrons. The fraction of sp³-hybridized carbons (Fsp3) is 0.0625. The highest BCUT2D eigenvalue weighted by atomic mass is 19.4. The molecule has 0 unspecified atom stereocenters. The molecule has 10 heteroatoms. The highest BCUT2D eigenvalue weighted by molar-refractivity contribution is 5.92. The molecule has 0 fully saturated rings. The van der Waals surface area contributed by atoms with E-state index in [1.807, 2.05) is 0 Å². The zero-order valence-electron chi connectivity index (χ0n) is 13.0. The van der Waals surface area contributed by atoms with Crippen molar-refractivity contribution in [1.82, 2.24) is 10.2 Å². The SMILES string of the molecule is N/C(=N\O)c1nnc(-c2ccccc2Nc2ccc(C(F)(F)F)cc2)o1. The van der Waals surface area contributed by atoms with Gasteiger partial charge < -0.3 is 20.7 Å². The van der Waals surface area contributed by atoms with Crippen LogP contribution in [0.3, 0.4) is 0 Å². The number of anilines is 2. The van der Waals surface area contributed by atoms with Crippen LogP contribution in [-0.2, 0) is 6.18 Å². The molecule has 2 aromatic carbocycles. The Bertz CT molecular complexity index is 936. The van der Waals surface area contributed by atoms with E-state index in [9.17, 15) is 13.2 Å². The topological polar surface area (TPSA) is 110 Å². The Morgan fingerprint density at radius 2 is 1.77 bits per heavy atom. The van der Waals surface area contributed by atoms with Crippen molar-refractivity contribution in [1.29, 1.82) is 0 Å². The second-order valence-electron chi connectivity index (χ2n) is 5.14. The van der Waals surface area contributed by atoms with Crippen LogP contribution in [0, 0.1) is 0 Å². The number of para-hydroxylation sites is 1. The number of hydrogen-bond acceptors (Lipinski definition) is 6. The second-order valence-corrected chi connectivity index (χ2v) is 5.14. The number of amidine groups is 1. The van der Waals surface area contributed by atoms with Crippen LogP contribution in [0.15, 0.2) is 58.1 Å². The zero-order chi connectivity index (χ0) is 18.7. The van der Waals surface area contributed by atoms with E-state index in [0.717, 1.165) is 12.1 Å². The number of nitrogens with two attached hydrogens (primary N) is 1. The standard InChI is InChI=1S/C16H12F3N5O2/c17-16(18,19)9-5-7-10(8-6-9)21-12-4-2-1-3-11(12)14-22-23-15(26-14)13(20)24-25/h1-8,21,25H,(H2,20,24). The summed E-state index contributed by atoms with van der Waals surface area (Å²) in [6.07, 6.45) is -4.40. The normalized spacial score (nSPS) is 12.2. The van der Waals surface area contributed by atoms with E-state index in [2.05, 4.69) is 20.7 Å². The van der Waals surface area contributed by atoms with Gasteiger partial charge in [0.05, 0.1) is 16.8 Å². The number of benzene rings is 2. The van der Waals surface area contributed by atoms with Crippen LogP contribution in [0.1, 0.15) is 11.5 Å². The predicted molar refractivity (Wildman–Crippen MR) is 87.0 cm³/mol. The van der Waals surface area contributed by atoms with Gasteiger partial charge in [-0.2, -0.15) is 13.2 Å². The van der Waals surface area contributed by atoms with Crippen molar-refractivity contribution in [3.05, 3.63) is 60.0 Å². The summed E-state index contributed by atoms with van der Waals surface area (Å²) in [6.45, 7) is 0. The third kappa shape index (κ3) is 3.58. The predicted octanol–water partition coefficient (Wildman–Crippen LogP) is 3.59. The Balaban J connectivity index is 1.89. The van der Waals surface area contributed by atoms with Crippen molar-refractivity contribution in [3.8, 4) is 11.5 Å². The van der Waals surface area contributed by atoms with Gasteiger partial charge in [-0.25, -0.2) is 0 Å². The molecule has 0 spiro atoms. The van der Waals surface area contributed by atoms with Crippen LogP contribution in [0.25, 0.3) is 11.5 Å². The first-order valence-electron chi connectivity index (χ1n) is 7.23. The van der Waals surface area contributed by atoms with Gasteiger partial charge in [-0.1, -0.05) is 17.3 Å². The number of nitrogens with zero attached hydrogens (tertiary/aromatic N) is 3. The summed E-state index contributed by atoms with van der Waals surface area (Å²) in [5, 5.41) is 21.9. The molecule has 0 aliphatic rings. The van der Waals surface area contributed by atoms with Crippen LogP contribution in [-0.4, -0.2) is 21.2 Å². The zero-order valence-corrected chi connectivity index (χ0v) is 13.0. The van der Waals surface area contributed by atoms with Gasteiger partial charge in [-0.3, -0.25) is 0 Å². The van der Waals surface area contributed by atoms with Crippen molar-refractivity contribution < 1.29 is 22.8 Å². The molecule has 1 heterocycles. The van der Waals surface area contributed by atoms with Gasteiger partial charge in [0.25, 0.3) is 5.89 Å². The lowest BCUT2D eigenvalue weighted by atomic mass is 10.1. The summed E-state index contributed by atoms with van der Waals surface area (Å²) in [4.78, 5) is 0. The minimum Gasteiger partial charge on any atom is -0.413 e. The molecule has 0 bridgehead atoms. The Morgan fingerprint density at radius 1 is 1.08 bits per heavy atom. The third-order valence-corrected chi connectivity index (χ3v) is 3.40. The molecular weight excluding hydrogens is 351 g/mol. The molecule has 0 atom stereocenters. The number of hydrogen-bond donors (Lipinski definition) is 3. The summed E-state index contributed by atoms with van der Waals surface area (Å²) in [6, 6.07) is 11.4. The molecule has 3 rings (SSSR count). The Hall–Kier alpha value is -3.56. The number of alkyl halides is 3. The first-order chi connectivity index (χ1) is 12.4. The van der Waals surface area contributed by atoms with Gasteiger partial charge >= 0.3 is 6.18 Å². The van der Waals surface area contributed by atoms with Crippen molar-refractivity contribution in [3.63, 3.8) is 0 Å². The van der Waals surface area contributed by atoms with Gasteiger partial charge in [-0.15, -0.1) is 10.2 Å². The Labute approximate surface area is 145 Å². The Morgan fingerprint density at radius 3 is 2.42 bits per heavy atom. The van der Waals surface area contributed by atoms with Crippen molar-refractivity contribution in [2.45, 2.75) is 6.18 Å². The molecule has 0 aliphatic carbocycles. The molecule has 0 aliphatic heterocycles. The number of nitrogens with one attached hydrogen (secondary N) is 1. The minimum absolute atomic E-state index is 0.0987. The monoisotopic (exact) mass is 363 g/mol. The summed E-state index contributed by atoms with van der Waals surface area (Å²) in [5.41, 5.74) is 6.13. The highest BCUT2D eigenvalue weighted by Crippen LogP contribution is 2.32. The van der Waals surface area contributed by atoms with Gasteiger partial charge in [0, 0.05) is 5.69 Å². The number of aromatic nitrogens is 2. The van der Waals surface area contributed by atoms with E-state index in [1.54, 1.807) is 24.3 Å². The average Bonchev–Trinajstić information content (AvgIpc) is 3.11. The molecule has 1 aromatic heterocycles. The van der Waals surface area contributed by atoms with Crippen molar-refractivity contribution >= 4 is 17.2 Å². The van der Waals surface area contributed by atoms with Gasteiger partial charge in [0.15, 0.2) is 0 Å². The Kier molecular flexibility index (Phi) is 4.48. The van der Waals surface area contributed by atoms with Crippen LogP contribution >= 0.6 is 0 Å². The van der Waals surface area contributed by atoms with Crippen LogP contribution in [0.5, 0.6) is 0 Å². The maximum atomic E-state index is 12.6. The first-order valence-corrected chi connectivity index (χ1v) is 7.23. The smallest absolute Gasteiger partial charge is 0.413 e. The fourth-order valence-corrected chi connectivity index (χ4v) is 2.16. The minimum atomic E-state index is -4.40. The van der Waals surface area contributed by atoms with E-state index in [1.165, 1.54) is 12.1 Å². The fourth-order valence-electron chi connectivity index (χ4n) is 2.16. The van der Waals surface area contributed by atoms with E-state index in [0.29, 0.717) is 16.9 Å². The third-order valence-electron chi connectivity index (χ3n) is 3.40. The number of oxime groups is 1. The lowest BCUT2D eigenvalue weighted by Gasteiger charge is -2.11. The van der Waals surface area contributed by atoms with Gasteiger partial charge in [0.2, 0.25) is 11.7 Å². The first kappa shape index (κ1) is 17.3. The van der Waals surface area contributed by atoms with E-state index in [4.69, 9.17) is 15.4 Å². The largest absolute Gasteiger partial charge is 0.416 e. The quantitative estimate of drug-likeness (QED) is 0.283. The lowest BCUT2D eigenvalue weighted by molar-refractivity contribution is -0.137. The van der Waals surface area contributed by atoms with Gasteiger partial charge in [-0.05, 0) is 36.4 Å². The molecule has 4 N–H and O–H groups in total. The maximum Gasteiger partial charge on any atom is 0.416 e. The van der Waals surface area contributed by atoms with Crippen LogP contribution in [0.2, 0.25) is 0 Å². The number of halogens is 3. The van der Waals surface area contributed by atoms with Crippen molar-refractivity contribution in [2.24, 2.45) is 10.9 Å².